The highest BCUT2D eigenvalue weighted by Gasteiger charge is 2.34. The van der Waals surface area contributed by atoms with Gasteiger partial charge in [-0.2, -0.15) is 0 Å². The Morgan fingerprint density at radius 1 is 0.875 bits per heavy atom. The number of carbonyl (C=O) groups excluding carboxylic acids is 2. The standard InChI is InChI=1S/C26H23NO4S/c1-19-7-5-11-22(15-19)30-14-13-27-25(28)24(32-26(27)29)17-21-10-6-12-23(16-21)31-18-20-8-3-2-4-9-20/h2-12,15-17H,13-14,18H2,1H3/b24-17-. The monoisotopic (exact) mass is 445 g/mol. The van der Waals surface area contributed by atoms with E-state index in [4.69, 9.17) is 9.47 Å². The van der Waals surface area contributed by atoms with Crippen LogP contribution in [0.25, 0.3) is 6.08 Å². The van der Waals surface area contributed by atoms with Gasteiger partial charge < -0.3 is 9.47 Å². The first-order valence-electron chi connectivity index (χ1n) is 10.3. The van der Waals surface area contributed by atoms with Crippen molar-refractivity contribution >= 4 is 29.0 Å². The van der Waals surface area contributed by atoms with Crippen molar-refractivity contribution in [3.8, 4) is 11.5 Å². The van der Waals surface area contributed by atoms with Gasteiger partial charge in [-0.25, -0.2) is 0 Å². The Labute approximate surface area is 191 Å². The quantitative estimate of drug-likeness (QED) is 0.417. The van der Waals surface area contributed by atoms with Gasteiger partial charge >= 0.3 is 0 Å². The Hall–Kier alpha value is -3.51. The molecule has 6 heteroatoms. The fourth-order valence-electron chi connectivity index (χ4n) is 3.24. The molecule has 32 heavy (non-hydrogen) atoms. The van der Waals surface area contributed by atoms with E-state index in [0.717, 1.165) is 34.2 Å². The maximum atomic E-state index is 12.7. The molecule has 0 saturated carbocycles. The second-order valence-corrected chi connectivity index (χ2v) is 8.34. The van der Waals surface area contributed by atoms with Gasteiger partial charge in [-0.3, -0.25) is 14.5 Å². The van der Waals surface area contributed by atoms with Crippen LogP contribution in [0.1, 0.15) is 16.7 Å². The first-order chi connectivity index (χ1) is 15.6. The van der Waals surface area contributed by atoms with Gasteiger partial charge in [0.25, 0.3) is 11.1 Å². The molecule has 0 aliphatic carbocycles. The van der Waals surface area contributed by atoms with E-state index < -0.39 is 0 Å². The number of nitrogens with zero attached hydrogens (tertiary/aromatic N) is 1. The minimum atomic E-state index is -0.302. The third-order valence-electron chi connectivity index (χ3n) is 4.85. The normalized spacial score (nSPS) is 14.8. The van der Waals surface area contributed by atoms with Gasteiger partial charge in [0.15, 0.2) is 0 Å². The Balaban J connectivity index is 1.36. The molecule has 2 amide bonds. The molecule has 1 saturated heterocycles. The van der Waals surface area contributed by atoms with Gasteiger partial charge in [0.05, 0.1) is 11.4 Å². The lowest BCUT2D eigenvalue weighted by atomic mass is 10.2. The average molecular weight is 446 g/mol. The zero-order valence-electron chi connectivity index (χ0n) is 17.7. The smallest absolute Gasteiger partial charge is 0.293 e. The molecular weight excluding hydrogens is 422 g/mol. The summed E-state index contributed by atoms with van der Waals surface area (Å²) in [5.74, 6) is 1.12. The summed E-state index contributed by atoms with van der Waals surface area (Å²) >= 11 is 0.944. The summed E-state index contributed by atoms with van der Waals surface area (Å²) in [5, 5.41) is -0.287. The van der Waals surface area contributed by atoms with E-state index >= 15 is 0 Å². The molecule has 0 spiro atoms. The molecule has 1 aliphatic heterocycles. The zero-order chi connectivity index (χ0) is 22.3. The Morgan fingerprint density at radius 3 is 2.41 bits per heavy atom. The maximum Gasteiger partial charge on any atom is 0.293 e. The van der Waals surface area contributed by atoms with Gasteiger partial charge in [0, 0.05) is 0 Å². The van der Waals surface area contributed by atoms with Gasteiger partial charge in [-0.15, -0.1) is 0 Å². The van der Waals surface area contributed by atoms with Gasteiger partial charge in [0.2, 0.25) is 0 Å². The summed E-state index contributed by atoms with van der Waals surface area (Å²) in [5.41, 5.74) is 2.97. The number of carbonyl (C=O) groups is 2. The summed E-state index contributed by atoms with van der Waals surface area (Å²) < 4.78 is 11.5. The molecule has 0 N–H and O–H groups in total. The first kappa shape index (κ1) is 21.7. The number of amides is 2. The van der Waals surface area contributed by atoms with Crippen LogP contribution in [-0.4, -0.2) is 29.2 Å². The molecule has 0 aromatic heterocycles. The van der Waals surface area contributed by atoms with Crippen molar-refractivity contribution in [3.05, 3.63) is 100 Å². The van der Waals surface area contributed by atoms with Crippen molar-refractivity contribution in [2.45, 2.75) is 13.5 Å². The topological polar surface area (TPSA) is 55.8 Å². The predicted octanol–water partition coefficient (Wildman–Crippen LogP) is 5.69. The van der Waals surface area contributed by atoms with Crippen LogP contribution in [0.2, 0.25) is 0 Å². The molecule has 162 valence electrons. The number of ether oxygens (including phenoxy) is 2. The number of rotatable bonds is 8. The van der Waals surface area contributed by atoms with Crippen LogP contribution in [0.15, 0.2) is 83.8 Å². The third-order valence-corrected chi connectivity index (χ3v) is 5.76. The van der Waals surface area contributed by atoms with E-state index in [0.29, 0.717) is 17.3 Å². The molecule has 1 fully saturated rings. The zero-order valence-corrected chi connectivity index (χ0v) is 18.5. The van der Waals surface area contributed by atoms with Gasteiger partial charge in [-0.1, -0.05) is 54.6 Å². The van der Waals surface area contributed by atoms with Crippen LogP contribution in [0.5, 0.6) is 11.5 Å². The van der Waals surface area contributed by atoms with Crippen molar-refractivity contribution < 1.29 is 19.1 Å². The van der Waals surface area contributed by atoms with E-state index in [1.807, 2.05) is 85.8 Å². The lowest BCUT2D eigenvalue weighted by Gasteiger charge is -2.13. The number of hydrogen-bond donors (Lipinski definition) is 0. The SMILES string of the molecule is Cc1cccc(OCCN2C(=O)S/C(=C\c3cccc(OCc4ccccc4)c3)C2=O)c1. The molecular formula is C26H23NO4S. The summed E-state index contributed by atoms with van der Waals surface area (Å²) in [6, 6.07) is 25.0. The summed E-state index contributed by atoms with van der Waals surface area (Å²) in [4.78, 5) is 26.7. The molecule has 0 atom stereocenters. The molecule has 4 rings (SSSR count). The summed E-state index contributed by atoms with van der Waals surface area (Å²) in [6.07, 6.45) is 1.72. The molecule has 0 unspecified atom stereocenters. The predicted molar refractivity (Wildman–Crippen MR) is 127 cm³/mol. The number of aryl methyl sites for hydroxylation is 1. The van der Waals surface area contributed by atoms with Crippen molar-refractivity contribution in [2.75, 3.05) is 13.2 Å². The molecule has 0 bridgehead atoms. The summed E-state index contributed by atoms with van der Waals surface area (Å²) in [7, 11) is 0. The lowest BCUT2D eigenvalue weighted by molar-refractivity contribution is -0.123. The highest BCUT2D eigenvalue weighted by atomic mass is 32.2. The lowest BCUT2D eigenvalue weighted by Crippen LogP contribution is -2.32. The van der Waals surface area contributed by atoms with Crippen LogP contribution in [0.3, 0.4) is 0 Å². The number of hydrogen-bond acceptors (Lipinski definition) is 5. The van der Waals surface area contributed by atoms with Crippen LogP contribution >= 0.6 is 11.8 Å². The van der Waals surface area contributed by atoms with Crippen LogP contribution in [-0.2, 0) is 11.4 Å². The van der Waals surface area contributed by atoms with E-state index in [-0.39, 0.29) is 24.3 Å². The average Bonchev–Trinajstić information content (AvgIpc) is 3.06. The van der Waals surface area contributed by atoms with Crippen molar-refractivity contribution in [1.82, 2.24) is 4.90 Å². The van der Waals surface area contributed by atoms with Crippen molar-refractivity contribution in [2.24, 2.45) is 0 Å². The van der Waals surface area contributed by atoms with Gasteiger partial charge in [-0.05, 0) is 65.7 Å². The number of benzene rings is 3. The first-order valence-corrected chi connectivity index (χ1v) is 11.1. The third kappa shape index (κ3) is 5.59. The van der Waals surface area contributed by atoms with Gasteiger partial charge in [0.1, 0.15) is 24.7 Å². The highest BCUT2D eigenvalue weighted by Crippen LogP contribution is 2.32. The Kier molecular flexibility index (Phi) is 6.92. The van der Waals surface area contributed by atoms with Crippen molar-refractivity contribution in [3.63, 3.8) is 0 Å². The number of imide groups is 1. The van der Waals surface area contributed by atoms with Crippen LogP contribution < -0.4 is 9.47 Å². The second-order valence-electron chi connectivity index (χ2n) is 7.35. The van der Waals surface area contributed by atoms with Crippen molar-refractivity contribution in [1.29, 1.82) is 0 Å². The second kappa shape index (κ2) is 10.2. The van der Waals surface area contributed by atoms with E-state index in [2.05, 4.69) is 0 Å². The maximum absolute atomic E-state index is 12.7. The summed E-state index contributed by atoms with van der Waals surface area (Å²) in [6.45, 7) is 2.89. The van der Waals surface area contributed by atoms with E-state index in [1.54, 1.807) is 6.08 Å². The minimum absolute atomic E-state index is 0.205. The molecule has 1 heterocycles. The Bertz CT molecular complexity index is 1140. The van der Waals surface area contributed by atoms with E-state index in [9.17, 15) is 9.59 Å². The van der Waals surface area contributed by atoms with E-state index in [1.165, 1.54) is 4.90 Å². The van der Waals surface area contributed by atoms with Crippen LogP contribution in [0.4, 0.5) is 4.79 Å². The largest absolute Gasteiger partial charge is 0.492 e. The molecule has 3 aromatic carbocycles. The number of thioether (sulfide) groups is 1. The van der Waals surface area contributed by atoms with Crippen LogP contribution in [0, 0.1) is 6.92 Å². The molecule has 5 nitrogen and oxygen atoms in total. The molecule has 1 aliphatic rings. The fraction of sp³-hybridized carbons (Fsp3) is 0.154. The molecule has 0 radical (unpaired) electrons. The molecule has 3 aromatic rings. The highest BCUT2D eigenvalue weighted by molar-refractivity contribution is 8.18. The Morgan fingerprint density at radius 2 is 1.62 bits per heavy atom. The minimum Gasteiger partial charge on any atom is -0.492 e. The fourth-order valence-corrected chi connectivity index (χ4v) is 4.10.